The molecule has 11 atom stereocenters. The molecule has 4 saturated heterocycles. The lowest BCUT2D eigenvalue weighted by molar-refractivity contribution is -0.174. The molecule has 32 nitrogen and oxygen atoms in total. The van der Waals surface area contributed by atoms with Crippen LogP contribution in [0.3, 0.4) is 0 Å². The molecule has 0 saturated carbocycles. The third kappa shape index (κ3) is 13.7. The zero-order valence-electron chi connectivity index (χ0n) is 40.5. The maximum Gasteiger partial charge on any atom is 0.334 e. The van der Waals surface area contributed by atoms with Crippen LogP contribution in [0, 0.1) is 0 Å². The van der Waals surface area contributed by atoms with Crippen molar-refractivity contribution in [1.29, 1.82) is 0 Å². The van der Waals surface area contributed by atoms with Gasteiger partial charge in [-0.15, -0.1) is 0 Å². The van der Waals surface area contributed by atoms with E-state index < -0.39 is 164 Å². The molecule has 11 unspecified atom stereocenters. The van der Waals surface area contributed by atoms with Gasteiger partial charge in [-0.05, 0) is 69.8 Å². The van der Waals surface area contributed by atoms with Gasteiger partial charge in [0.05, 0.1) is 36.8 Å². The number of carboxylic acids is 3. The predicted molar refractivity (Wildman–Crippen MR) is 251 cm³/mol. The molecule has 0 bridgehead atoms. The van der Waals surface area contributed by atoms with Crippen LogP contribution in [-0.4, -0.2) is 221 Å². The maximum atomic E-state index is 14.3. The summed E-state index contributed by atoms with van der Waals surface area (Å²) in [5.74, 6) is -12.9. The van der Waals surface area contributed by atoms with Crippen molar-refractivity contribution in [2.45, 2.75) is 125 Å². The number of piperazine rings is 1. The molecule has 5 aliphatic heterocycles. The number of fused-ring (bicyclic) bond motifs is 3. The summed E-state index contributed by atoms with van der Waals surface area (Å²) in [6.45, 7) is -0.867. The monoisotopic (exact) mass is 1080 g/mol. The first-order chi connectivity index (χ1) is 36.0. The predicted octanol–water partition coefficient (Wildman–Crippen LogP) is -8.03. The lowest BCUT2D eigenvalue weighted by atomic mass is 9.93. The fourth-order valence-corrected chi connectivity index (χ4v) is 9.23. The number of hydroxylamine groups is 2. The number of hydrogen-bond acceptors (Lipinski definition) is 21. The largest absolute Gasteiger partial charge is 0.509 e. The number of nitrogens with two attached hydrogens (primary N) is 1. The molecular formula is C44H61N13O19. The molecular weight excluding hydrogens is 1010 g/mol. The van der Waals surface area contributed by atoms with Crippen LogP contribution in [0.1, 0.15) is 57.8 Å². The molecule has 6 aliphatic rings. The topological polar surface area (TPSA) is 494 Å². The molecule has 76 heavy (non-hydrogen) atoms. The highest BCUT2D eigenvalue weighted by Gasteiger charge is 2.47. The highest BCUT2D eigenvalue weighted by molar-refractivity contribution is 5.97. The molecule has 416 valence electrons. The summed E-state index contributed by atoms with van der Waals surface area (Å²) in [5, 5.41) is 105. The average Bonchev–Trinajstić information content (AvgIpc) is 3.41. The van der Waals surface area contributed by atoms with Gasteiger partial charge in [-0.25, -0.2) is 9.86 Å². The second kappa shape index (κ2) is 25.2. The number of amides is 8. The van der Waals surface area contributed by atoms with Crippen LogP contribution in [0.15, 0.2) is 46.8 Å². The van der Waals surface area contributed by atoms with Crippen molar-refractivity contribution in [2.24, 2.45) is 5.73 Å². The lowest BCUT2D eigenvalue weighted by Crippen LogP contribution is -2.72. The molecule has 0 spiro atoms. The van der Waals surface area contributed by atoms with E-state index in [2.05, 4.69) is 47.9 Å². The van der Waals surface area contributed by atoms with Gasteiger partial charge in [0.1, 0.15) is 48.4 Å². The number of allylic oxidation sites excluding steroid dienone is 2. The number of aliphatic carboxylic acids is 3. The van der Waals surface area contributed by atoms with Crippen LogP contribution < -0.4 is 53.6 Å². The number of nitrogens with one attached hydrogen (secondary N) is 9. The van der Waals surface area contributed by atoms with Crippen LogP contribution in [-0.2, 0) is 52.7 Å². The number of aliphatic hydroxyl groups excluding tert-OH is 4. The molecule has 19 N–H and O–H groups in total. The molecule has 0 aromatic heterocycles. The van der Waals surface area contributed by atoms with Gasteiger partial charge in [0.15, 0.2) is 18.4 Å². The van der Waals surface area contributed by atoms with E-state index in [4.69, 9.17) is 10.8 Å². The van der Waals surface area contributed by atoms with E-state index in [0.717, 1.165) is 6.08 Å². The fourth-order valence-electron chi connectivity index (χ4n) is 9.23. The van der Waals surface area contributed by atoms with Crippen molar-refractivity contribution in [2.75, 3.05) is 32.7 Å². The Hall–Kier alpha value is -7.75. The minimum absolute atomic E-state index is 0.0172. The van der Waals surface area contributed by atoms with Crippen molar-refractivity contribution in [1.82, 2.24) is 62.7 Å². The van der Waals surface area contributed by atoms with E-state index in [1.54, 1.807) is 0 Å². The highest BCUT2D eigenvalue weighted by atomic mass is 16.5. The number of rotatable bonds is 21. The molecule has 32 heteroatoms. The first kappa shape index (κ1) is 57.5. The molecule has 8 amide bonds. The van der Waals surface area contributed by atoms with Gasteiger partial charge in [0.25, 0.3) is 5.91 Å². The number of aliphatic hydroxyl groups is 4. The summed E-state index contributed by atoms with van der Waals surface area (Å²) in [5.41, 5.74) is 6.08. The van der Waals surface area contributed by atoms with Crippen molar-refractivity contribution in [3.63, 3.8) is 0 Å². The van der Waals surface area contributed by atoms with Crippen LogP contribution in [0.2, 0.25) is 0 Å². The number of carboxylic acid groups (broad SMARTS) is 3. The smallest absolute Gasteiger partial charge is 0.334 e. The Morgan fingerprint density at radius 3 is 2.28 bits per heavy atom. The van der Waals surface area contributed by atoms with Crippen LogP contribution >= 0.6 is 0 Å². The zero-order chi connectivity index (χ0) is 55.7. The summed E-state index contributed by atoms with van der Waals surface area (Å²) in [6, 6.07) is -11.1. The number of carbonyl (C=O) groups excluding carboxylic acids is 8. The Bertz CT molecular complexity index is 2480. The van der Waals surface area contributed by atoms with Gasteiger partial charge in [-0.3, -0.25) is 58.5 Å². The van der Waals surface area contributed by atoms with Crippen molar-refractivity contribution < 1.29 is 93.7 Å². The molecule has 0 radical (unpaired) electrons. The van der Waals surface area contributed by atoms with E-state index in [1.807, 2.05) is 0 Å². The molecule has 6 rings (SSSR count). The van der Waals surface area contributed by atoms with E-state index >= 15 is 0 Å². The third-order valence-corrected chi connectivity index (χ3v) is 13.1. The molecule has 0 aromatic carbocycles. The van der Waals surface area contributed by atoms with Gasteiger partial charge in [-0.1, -0.05) is 0 Å². The van der Waals surface area contributed by atoms with E-state index in [-0.39, 0.29) is 81.1 Å². The Labute approximate surface area is 430 Å². The van der Waals surface area contributed by atoms with Crippen molar-refractivity contribution in [3.05, 3.63) is 46.8 Å². The number of carbonyl (C=O) groups is 11. The molecule has 4 fully saturated rings. The standard InChI is InChI=1S/C44H61N13O19/c45-9-1-3-19(50-38(68)23(15-31(64)65)52-39(69)24-8-11-47-36-22(48-28(60)5-6-30(62)63)13-18-14-26(58)27(59)16-25(18)57(24)36)37(67)54-32(34(66)44(74)75)35-46-10-7-21(49-35)41(71)55-17-29(61)53-33(43(55)73)40(70)51-20-4-2-12-56(76)42(20)72/h13-14,16,19-21,23-24,27,32-35,43,46-47,49,58-59,66,73,76H,1-12,15,17,45H2,(H,48,60)(H,50,68)(H,51,70)(H,52,69)(H,53,61)(H,54,67)(H,62,63)(H,64,65)(H,74,75). The minimum Gasteiger partial charge on any atom is -0.509 e. The van der Waals surface area contributed by atoms with Gasteiger partial charge in [0.2, 0.25) is 41.4 Å². The van der Waals surface area contributed by atoms with Crippen molar-refractivity contribution >= 4 is 65.2 Å². The summed E-state index contributed by atoms with van der Waals surface area (Å²) in [4.78, 5) is 145. The molecule has 1 aliphatic carbocycles. The first-order valence-electron chi connectivity index (χ1n) is 24.1. The van der Waals surface area contributed by atoms with Crippen LogP contribution in [0.4, 0.5) is 0 Å². The summed E-state index contributed by atoms with van der Waals surface area (Å²) >= 11 is 0. The average molecular weight is 1080 g/mol. The summed E-state index contributed by atoms with van der Waals surface area (Å²) in [7, 11) is 0. The highest BCUT2D eigenvalue weighted by Crippen LogP contribution is 2.37. The van der Waals surface area contributed by atoms with E-state index in [0.29, 0.717) is 16.4 Å². The van der Waals surface area contributed by atoms with Crippen LogP contribution in [0.25, 0.3) is 0 Å². The second-order valence-corrected chi connectivity index (χ2v) is 18.5. The summed E-state index contributed by atoms with van der Waals surface area (Å²) < 4.78 is 0. The SMILES string of the molecule is NCCCC(NC(=O)C(CC(=O)O)NC(=O)C1CCNC2=C(NC(=O)CCC(=O)O)C=C3C=C(O)C(O)C=C3N21)C(=O)NC(C1NCCC(C(=O)N2CC(=O)NC(C(=O)NC3CCCN(O)C3=O)C2O)N1)C(O)C(=O)O. The van der Waals surface area contributed by atoms with Crippen molar-refractivity contribution in [3.8, 4) is 0 Å². The molecule has 5 heterocycles. The van der Waals surface area contributed by atoms with E-state index in [9.17, 15) is 88.6 Å². The number of piperidine rings is 1. The van der Waals surface area contributed by atoms with Gasteiger partial charge >= 0.3 is 17.9 Å². The first-order valence-corrected chi connectivity index (χ1v) is 24.1. The quantitative estimate of drug-likeness (QED) is 0.0475. The van der Waals surface area contributed by atoms with Gasteiger partial charge in [-0.2, -0.15) is 0 Å². The number of nitrogens with zero attached hydrogens (tertiary/aromatic N) is 3. The Kier molecular flexibility index (Phi) is 19.1. The van der Waals surface area contributed by atoms with E-state index in [1.165, 1.54) is 17.1 Å². The maximum absolute atomic E-state index is 14.3. The van der Waals surface area contributed by atoms with Gasteiger partial charge < -0.3 is 93.8 Å². The van der Waals surface area contributed by atoms with Crippen LogP contribution in [0.5, 0.6) is 0 Å². The minimum atomic E-state index is -2.43. The lowest BCUT2D eigenvalue weighted by Gasteiger charge is -2.44. The normalized spacial score (nSPS) is 25.9. The Balaban J connectivity index is 1.17. The Morgan fingerprint density at radius 1 is 0.868 bits per heavy atom. The zero-order valence-corrected chi connectivity index (χ0v) is 40.5. The fraction of sp³-hybridized carbons (Fsp3) is 0.568. The molecule has 0 aromatic rings. The third-order valence-electron chi connectivity index (χ3n) is 13.1. The second-order valence-electron chi connectivity index (χ2n) is 18.5. The summed E-state index contributed by atoms with van der Waals surface area (Å²) in [6.07, 6.45) is -5.67. The Morgan fingerprint density at radius 2 is 1.59 bits per heavy atom. The van der Waals surface area contributed by atoms with Gasteiger partial charge in [0, 0.05) is 30.8 Å². The number of hydrogen-bond donors (Lipinski definition) is 18.